The molecule has 0 atom stereocenters. The van der Waals surface area contributed by atoms with E-state index in [2.05, 4.69) is 5.32 Å². The number of hydrogen-bond donors (Lipinski definition) is 1. The molecule has 5 nitrogen and oxygen atoms in total. The SMILES string of the molecule is CCN(Cc1ccccc1)C(=O)Nc1c(OC)cccc1OC. The van der Waals surface area contributed by atoms with E-state index in [9.17, 15) is 4.79 Å². The van der Waals surface area contributed by atoms with Gasteiger partial charge in [0.05, 0.1) is 14.2 Å². The molecule has 2 rings (SSSR count). The minimum atomic E-state index is -0.195. The van der Waals surface area contributed by atoms with Crippen LogP contribution < -0.4 is 14.8 Å². The molecule has 0 aromatic heterocycles. The number of urea groups is 1. The van der Waals surface area contributed by atoms with E-state index in [4.69, 9.17) is 9.47 Å². The number of ether oxygens (including phenoxy) is 2. The molecule has 2 amide bonds. The minimum Gasteiger partial charge on any atom is -0.494 e. The largest absolute Gasteiger partial charge is 0.494 e. The van der Waals surface area contributed by atoms with Gasteiger partial charge < -0.3 is 19.7 Å². The lowest BCUT2D eigenvalue weighted by molar-refractivity contribution is 0.212. The summed E-state index contributed by atoms with van der Waals surface area (Å²) in [5.41, 5.74) is 1.62. The zero-order valence-electron chi connectivity index (χ0n) is 13.7. The van der Waals surface area contributed by atoms with Gasteiger partial charge in [-0.05, 0) is 24.6 Å². The van der Waals surface area contributed by atoms with Crippen molar-refractivity contribution in [3.8, 4) is 11.5 Å². The Morgan fingerprint density at radius 2 is 1.61 bits per heavy atom. The lowest BCUT2D eigenvalue weighted by Crippen LogP contribution is -2.34. The van der Waals surface area contributed by atoms with E-state index >= 15 is 0 Å². The molecule has 0 fully saturated rings. The van der Waals surface area contributed by atoms with Crippen LogP contribution in [0.1, 0.15) is 12.5 Å². The Morgan fingerprint density at radius 3 is 2.13 bits per heavy atom. The van der Waals surface area contributed by atoms with Crippen LogP contribution in [0, 0.1) is 0 Å². The van der Waals surface area contributed by atoms with Gasteiger partial charge in [0.2, 0.25) is 0 Å². The summed E-state index contributed by atoms with van der Waals surface area (Å²) in [5, 5.41) is 2.89. The standard InChI is InChI=1S/C18H22N2O3/c1-4-20(13-14-9-6-5-7-10-14)18(21)19-17-15(22-2)11-8-12-16(17)23-3/h5-12H,4,13H2,1-3H3,(H,19,21). The van der Waals surface area contributed by atoms with Crippen molar-refractivity contribution in [2.45, 2.75) is 13.5 Å². The average Bonchev–Trinajstić information content (AvgIpc) is 2.60. The number of benzene rings is 2. The van der Waals surface area contributed by atoms with Crippen LogP contribution in [0.5, 0.6) is 11.5 Å². The lowest BCUT2D eigenvalue weighted by Gasteiger charge is -2.23. The normalized spacial score (nSPS) is 10.0. The molecule has 0 spiro atoms. The first-order chi connectivity index (χ1) is 11.2. The monoisotopic (exact) mass is 314 g/mol. The Hall–Kier alpha value is -2.69. The number of para-hydroxylation sites is 1. The Kier molecular flexibility index (Phi) is 5.86. The Labute approximate surface area is 136 Å². The molecule has 0 unspecified atom stereocenters. The summed E-state index contributed by atoms with van der Waals surface area (Å²) in [5.74, 6) is 1.13. The number of rotatable bonds is 6. The maximum atomic E-state index is 12.6. The third kappa shape index (κ3) is 4.16. The second-order valence-electron chi connectivity index (χ2n) is 4.97. The fourth-order valence-electron chi connectivity index (χ4n) is 2.29. The summed E-state index contributed by atoms with van der Waals surface area (Å²) >= 11 is 0. The molecule has 0 bridgehead atoms. The van der Waals surface area contributed by atoms with E-state index in [1.54, 1.807) is 31.3 Å². The van der Waals surface area contributed by atoms with Crippen LogP contribution in [0.2, 0.25) is 0 Å². The quantitative estimate of drug-likeness (QED) is 0.883. The molecule has 5 heteroatoms. The second kappa shape index (κ2) is 8.08. The van der Waals surface area contributed by atoms with Crippen molar-refractivity contribution < 1.29 is 14.3 Å². The number of carbonyl (C=O) groups is 1. The highest BCUT2D eigenvalue weighted by Gasteiger charge is 2.17. The zero-order chi connectivity index (χ0) is 16.7. The number of amides is 2. The van der Waals surface area contributed by atoms with Gasteiger partial charge in [-0.25, -0.2) is 4.79 Å². The van der Waals surface area contributed by atoms with Gasteiger partial charge in [-0.3, -0.25) is 0 Å². The molecular formula is C18H22N2O3. The third-order valence-corrected chi connectivity index (χ3v) is 3.54. The van der Waals surface area contributed by atoms with Gasteiger partial charge in [0.1, 0.15) is 17.2 Å². The molecule has 0 saturated heterocycles. The summed E-state index contributed by atoms with van der Waals surface area (Å²) in [6, 6.07) is 15.1. The maximum absolute atomic E-state index is 12.6. The summed E-state index contributed by atoms with van der Waals surface area (Å²) in [6.07, 6.45) is 0. The fraction of sp³-hybridized carbons (Fsp3) is 0.278. The minimum absolute atomic E-state index is 0.195. The van der Waals surface area contributed by atoms with E-state index in [0.717, 1.165) is 5.56 Å². The van der Waals surface area contributed by atoms with Crippen LogP contribution in [0.25, 0.3) is 0 Å². The van der Waals surface area contributed by atoms with Gasteiger partial charge in [-0.2, -0.15) is 0 Å². The highest BCUT2D eigenvalue weighted by Crippen LogP contribution is 2.34. The first-order valence-electron chi connectivity index (χ1n) is 7.50. The van der Waals surface area contributed by atoms with Crippen molar-refractivity contribution in [3.63, 3.8) is 0 Å². The predicted octanol–water partition coefficient (Wildman–Crippen LogP) is 3.76. The molecule has 23 heavy (non-hydrogen) atoms. The van der Waals surface area contributed by atoms with Gasteiger partial charge in [0, 0.05) is 13.1 Å². The summed E-state index contributed by atoms with van der Waals surface area (Å²) in [6.45, 7) is 3.08. The van der Waals surface area contributed by atoms with Gasteiger partial charge in [0.25, 0.3) is 0 Å². The summed E-state index contributed by atoms with van der Waals surface area (Å²) in [4.78, 5) is 14.3. The van der Waals surface area contributed by atoms with Crippen molar-refractivity contribution in [2.75, 3.05) is 26.1 Å². The molecule has 0 heterocycles. The summed E-state index contributed by atoms with van der Waals surface area (Å²) < 4.78 is 10.6. The van der Waals surface area contributed by atoms with E-state index in [-0.39, 0.29) is 6.03 Å². The second-order valence-corrected chi connectivity index (χ2v) is 4.97. The van der Waals surface area contributed by atoms with Gasteiger partial charge in [-0.1, -0.05) is 36.4 Å². The number of nitrogens with one attached hydrogen (secondary N) is 1. The van der Waals surface area contributed by atoms with E-state index < -0.39 is 0 Å². The molecular weight excluding hydrogens is 292 g/mol. The molecule has 0 saturated carbocycles. The molecule has 122 valence electrons. The van der Waals surface area contributed by atoms with Crippen molar-refractivity contribution in [2.24, 2.45) is 0 Å². The number of carbonyl (C=O) groups excluding carboxylic acids is 1. The Bertz CT molecular complexity index is 622. The molecule has 2 aromatic rings. The number of hydrogen-bond acceptors (Lipinski definition) is 3. The van der Waals surface area contributed by atoms with Gasteiger partial charge in [0.15, 0.2) is 0 Å². The summed E-state index contributed by atoms with van der Waals surface area (Å²) in [7, 11) is 3.12. The van der Waals surface area contributed by atoms with E-state index in [1.165, 1.54) is 0 Å². The highest BCUT2D eigenvalue weighted by molar-refractivity contribution is 5.93. The van der Waals surface area contributed by atoms with Crippen molar-refractivity contribution in [1.82, 2.24) is 4.90 Å². The number of methoxy groups -OCH3 is 2. The van der Waals surface area contributed by atoms with E-state index in [1.807, 2.05) is 43.3 Å². The molecule has 0 aliphatic heterocycles. The molecule has 0 radical (unpaired) electrons. The smallest absolute Gasteiger partial charge is 0.322 e. The van der Waals surface area contributed by atoms with Gasteiger partial charge >= 0.3 is 6.03 Å². The molecule has 2 aromatic carbocycles. The highest BCUT2D eigenvalue weighted by atomic mass is 16.5. The van der Waals surface area contributed by atoms with Crippen molar-refractivity contribution in [1.29, 1.82) is 0 Å². The topological polar surface area (TPSA) is 50.8 Å². The van der Waals surface area contributed by atoms with Crippen LogP contribution in [0.15, 0.2) is 48.5 Å². The Morgan fingerprint density at radius 1 is 1.00 bits per heavy atom. The fourth-order valence-corrected chi connectivity index (χ4v) is 2.29. The van der Waals surface area contributed by atoms with Crippen LogP contribution >= 0.6 is 0 Å². The van der Waals surface area contributed by atoms with Crippen LogP contribution in [-0.2, 0) is 6.54 Å². The predicted molar refractivity (Wildman–Crippen MR) is 91.1 cm³/mol. The average molecular weight is 314 g/mol. The molecule has 0 aliphatic rings. The number of anilines is 1. The molecule has 1 N–H and O–H groups in total. The van der Waals surface area contributed by atoms with E-state index in [0.29, 0.717) is 30.3 Å². The van der Waals surface area contributed by atoms with Crippen molar-refractivity contribution in [3.05, 3.63) is 54.1 Å². The number of nitrogens with zero attached hydrogens (tertiary/aromatic N) is 1. The molecule has 0 aliphatic carbocycles. The third-order valence-electron chi connectivity index (χ3n) is 3.54. The Balaban J connectivity index is 2.17. The maximum Gasteiger partial charge on any atom is 0.322 e. The first kappa shape index (κ1) is 16.7. The van der Waals surface area contributed by atoms with Crippen LogP contribution in [-0.4, -0.2) is 31.7 Å². The lowest BCUT2D eigenvalue weighted by atomic mass is 10.2. The van der Waals surface area contributed by atoms with Crippen LogP contribution in [0.3, 0.4) is 0 Å². The zero-order valence-corrected chi connectivity index (χ0v) is 13.7. The van der Waals surface area contributed by atoms with Crippen LogP contribution in [0.4, 0.5) is 10.5 Å². The van der Waals surface area contributed by atoms with Gasteiger partial charge in [-0.15, -0.1) is 0 Å². The van der Waals surface area contributed by atoms with Crippen molar-refractivity contribution >= 4 is 11.7 Å². The first-order valence-corrected chi connectivity index (χ1v) is 7.50.